The largest absolute Gasteiger partial charge is 0.347 e. The molecular weight excluding hydrogens is 302 g/mol. The maximum absolute atomic E-state index is 5.97. The van der Waals surface area contributed by atoms with E-state index < -0.39 is 0 Å². The summed E-state index contributed by atoms with van der Waals surface area (Å²) in [6.07, 6.45) is 4.79. The van der Waals surface area contributed by atoms with Crippen molar-refractivity contribution < 1.29 is 9.47 Å². The number of unbranched alkanes of at least 4 members (excludes halogenated alkanes) is 2. The van der Waals surface area contributed by atoms with E-state index in [0.717, 1.165) is 29.7 Å². The number of hydrogen-bond donors (Lipinski definition) is 0. The van der Waals surface area contributed by atoms with Gasteiger partial charge in [0.1, 0.15) is 5.65 Å². The molecule has 0 spiro atoms. The Balaban J connectivity index is 2.42. The van der Waals surface area contributed by atoms with E-state index in [9.17, 15) is 0 Å². The zero-order chi connectivity index (χ0) is 15.9. The van der Waals surface area contributed by atoms with E-state index in [2.05, 4.69) is 21.5 Å². The molecule has 2 aromatic heterocycles. The monoisotopic (exact) mass is 325 g/mol. The Bertz CT molecular complexity index is 594. The third-order valence-electron chi connectivity index (χ3n) is 3.50. The van der Waals surface area contributed by atoms with Gasteiger partial charge in [-0.25, -0.2) is 4.98 Å². The lowest BCUT2D eigenvalue weighted by atomic mass is 10.2. The number of nitrogens with zero attached hydrogens (tertiary/aromatic N) is 3. The van der Waals surface area contributed by atoms with Crippen molar-refractivity contribution in [1.29, 1.82) is 0 Å². The molecule has 122 valence electrons. The minimum Gasteiger partial charge on any atom is -0.347 e. The van der Waals surface area contributed by atoms with Crippen LogP contribution in [-0.4, -0.2) is 27.7 Å². The molecule has 0 amide bonds. The zero-order valence-electron chi connectivity index (χ0n) is 13.5. The van der Waals surface area contributed by atoms with Gasteiger partial charge in [-0.15, -0.1) is 0 Å². The molecule has 0 bridgehead atoms. The summed E-state index contributed by atoms with van der Waals surface area (Å²) >= 11 is 5.97. The second kappa shape index (κ2) is 8.46. The van der Waals surface area contributed by atoms with Gasteiger partial charge in [0.15, 0.2) is 6.29 Å². The highest BCUT2D eigenvalue weighted by Gasteiger charge is 2.20. The molecule has 5 nitrogen and oxygen atoms in total. The SMILES string of the molecule is CCCCCn1c(C(OCC)OCC)cc2cnc(Cl)nc21. The Morgan fingerprint density at radius 2 is 1.91 bits per heavy atom. The van der Waals surface area contributed by atoms with Crippen LogP contribution in [-0.2, 0) is 16.0 Å². The highest BCUT2D eigenvalue weighted by molar-refractivity contribution is 6.28. The summed E-state index contributed by atoms with van der Waals surface area (Å²) in [5.41, 5.74) is 1.82. The normalized spacial score (nSPS) is 11.7. The fraction of sp³-hybridized carbons (Fsp3) is 0.625. The lowest BCUT2D eigenvalue weighted by molar-refractivity contribution is -0.144. The van der Waals surface area contributed by atoms with Gasteiger partial charge in [0.25, 0.3) is 0 Å². The fourth-order valence-corrected chi connectivity index (χ4v) is 2.64. The maximum Gasteiger partial charge on any atom is 0.224 e. The van der Waals surface area contributed by atoms with Crippen molar-refractivity contribution in [3.63, 3.8) is 0 Å². The van der Waals surface area contributed by atoms with E-state index in [0.29, 0.717) is 13.2 Å². The predicted octanol–water partition coefficient (Wildman–Crippen LogP) is 4.35. The molecule has 0 N–H and O–H groups in total. The van der Waals surface area contributed by atoms with E-state index in [1.54, 1.807) is 6.20 Å². The minimum atomic E-state index is -0.385. The molecule has 22 heavy (non-hydrogen) atoms. The minimum absolute atomic E-state index is 0.262. The number of aromatic nitrogens is 3. The fourth-order valence-electron chi connectivity index (χ4n) is 2.51. The van der Waals surface area contributed by atoms with Crippen LogP contribution < -0.4 is 0 Å². The third-order valence-corrected chi connectivity index (χ3v) is 3.68. The first-order valence-corrected chi connectivity index (χ1v) is 8.33. The molecule has 0 aliphatic rings. The molecule has 0 atom stereocenters. The van der Waals surface area contributed by atoms with Crippen molar-refractivity contribution in [3.05, 3.63) is 23.2 Å². The van der Waals surface area contributed by atoms with Crippen LogP contribution in [0.2, 0.25) is 5.28 Å². The van der Waals surface area contributed by atoms with Crippen LogP contribution in [0, 0.1) is 0 Å². The molecule has 6 heteroatoms. The molecule has 0 radical (unpaired) electrons. The zero-order valence-corrected chi connectivity index (χ0v) is 14.3. The average molecular weight is 326 g/mol. The number of halogens is 1. The topological polar surface area (TPSA) is 49.2 Å². The molecule has 2 rings (SSSR count). The molecule has 0 saturated carbocycles. The Morgan fingerprint density at radius 3 is 2.55 bits per heavy atom. The van der Waals surface area contributed by atoms with E-state index >= 15 is 0 Å². The van der Waals surface area contributed by atoms with Crippen molar-refractivity contribution in [3.8, 4) is 0 Å². The van der Waals surface area contributed by atoms with Crippen LogP contribution in [0.5, 0.6) is 0 Å². The number of aryl methyl sites for hydroxylation is 1. The highest BCUT2D eigenvalue weighted by atomic mass is 35.5. The average Bonchev–Trinajstić information content (AvgIpc) is 2.85. The Labute approximate surface area is 136 Å². The van der Waals surface area contributed by atoms with Gasteiger partial charge in [-0.3, -0.25) is 0 Å². The first-order chi connectivity index (χ1) is 10.7. The van der Waals surface area contributed by atoms with Crippen LogP contribution in [0.25, 0.3) is 11.0 Å². The third kappa shape index (κ3) is 3.97. The summed E-state index contributed by atoms with van der Waals surface area (Å²) in [5, 5.41) is 1.22. The van der Waals surface area contributed by atoms with Gasteiger partial charge >= 0.3 is 0 Å². The van der Waals surface area contributed by atoms with Gasteiger partial charge in [0.2, 0.25) is 5.28 Å². The van der Waals surface area contributed by atoms with E-state index in [1.807, 2.05) is 19.9 Å². The van der Waals surface area contributed by atoms with Gasteiger partial charge in [-0.2, -0.15) is 4.98 Å². The highest BCUT2D eigenvalue weighted by Crippen LogP contribution is 2.27. The summed E-state index contributed by atoms with van der Waals surface area (Å²) in [7, 11) is 0. The quantitative estimate of drug-likeness (QED) is 0.391. The van der Waals surface area contributed by atoms with Crippen LogP contribution in [0.4, 0.5) is 0 Å². The second-order valence-corrected chi connectivity index (χ2v) is 5.43. The maximum atomic E-state index is 5.97. The van der Waals surface area contributed by atoms with Gasteiger partial charge < -0.3 is 14.0 Å². The Morgan fingerprint density at radius 1 is 1.18 bits per heavy atom. The van der Waals surface area contributed by atoms with Gasteiger partial charge in [0, 0.05) is 31.3 Å². The molecule has 0 aliphatic heterocycles. The van der Waals surface area contributed by atoms with E-state index in [-0.39, 0.29) is 11.6 Å². The lowest BCUT2D eigenvalue weighted by Crippen LogP contribution is -2.14. The number of rotatable bonds is 9. The van der Waals surface area contributed by atoms with E-state index in [4.69, 9.17) is 21.1 Å². The van der Waals surface area contributed by atoms with Crippen LogP contribution in [0.3, 0.4) is 0 Å². The van der Waals surface area contributed by atoms with Crippen LogP contribution in [0.1, 0.15) is 52.0 Å². The molecular formula is C16H24ClN3O2. The summed E-state index contributed by atoms with van der Waals surface area (Å²) in [6, 6.07) is 2.04. The standard InChI is InChI=1S/C16H24ClN3O2/c1-4-7-8-9-20-13(15(21-5-2)22-6-3)10-12-11-18-16(17)19-14(12)20/h10-11,15H,4-9H2,1-3H3. The molecule has 0 aromatic carbocycles. The molecule has 2 aromatic rings. The molecule has 0 unspecified atom stereocenters. The van der Waals surface area contributed by atoms with E-state index in [1.165, 1.54) is 12.8 Å². The number of hydrogen-bond acceptors (Lipinski definition) is 4. The van der Waals surface area contributed by atoms with Gasteiger partial charge in [0.05, 0.1) is 5.69 Å². The number of ether oxygens (including phenoxy) is 2. The summed E-state index contributed by atoms with van der Waals surface area (Å²) in [4.78, 5) is 8.45. The molecule has 2 heterocycles. The van der Waals surface area contributed by atoms with Crippen molar-refractivity contribution in [2.75, 3.05) is 13.2 Å². The van der Waals surface area contributed by atoms with Gasteiger partial charge in [-0.05, 0) is 37.9 Å². The summed E-state index contributed by atoms with van der Waals surface area (Å²) in [5.74, 6) is 0. The summed E-state index contributed by atoms with van der Waals surface area (Å²) in [6.45, 7) is 8.17. The Hall–Kier alpha value is -1.17. The van der Waals surface area contributed by atoms with Crippen molar-refractivity contribution >= 4 is 22.6 Å². The number of fused-ring (bicyclic) bond motifs is 1. The smallest absolute Gasteiger partial charge is 0.224 e. The first kappa shape index (κ1) is 17.2. The second-order valence-electron chi connectivity index (χ2n) is 5.09. The molecule has 0 saturated heterocycles. The Kier molecular flexibility index (Phi) is 6.61. The molecule has 0 fully saturated rings. The molecule has 0 aliphatic carbocycles. The van der Waals surface area contributed by atoms with Crippen LogP contribution in [0.15, 0.2) is 12.3 Å². The lowest BCUT2D eigenvalue weighted by Gasteiger charge is -2.19. The van der Waals surface area contributed by atoms with Crippen molar-refractivity contribution in [2.45, 2.75) is 52.9 Å². The first-order valence-electron chi connectivity index (χ1n) is 7.96. The van der Waals surface area contributed by atoms with Gasteiger partial charge in [-0.1, -0.05) is 19.8 Å². The van der Waals surface area contributed by atoms with Crippen molar-refractivity contribution in [1.82, 2.24) is 14.5 Å². The predicted molar refractivity (Wildman–Crippen MR) is 88.1 cm³/mol. The van der Waals surface area contributed by atoms with Crippen molar-refractivity contribution in [2.24, 2.45) is 0 Å². The summed E-state index contributed by atoms with van der Waals surface area (Å²) < 4.78 is 13.6. The van der Waals surface area contributed by atoms with Crippen LogP contribution >= 0.6 is 11.6 Å².